The average molecular weight is 294 g/mol. The van der Waals surface area contributed by atoms with Gasteiger partial charge in [0.25, 0.3) is 0 Å². The molecule has 2 aliphatic rings. The standard InChI is InChI=1S/C18H34N2O/c1-4-5-8-11-18(2,3)13-19-17(21)16-12-14-9-6-7-10-15(14)20-16/h14-16,20H,4-13H2,1-3H3,(H,19,21). The number of carbonyl (C=O) groups is 1. The van der Waals surface area contributed by atoms with Gasteiger partial charge in [0, 0.05) is 12.6 Å². The van der Waals surface area contributed by atoms with Crippen LogP contribution in [0.2, 0.25) is 0 Å². The Kier molecular flexibility index (Phi) is 6.09. The van der Waals surface area contributed by atoms with Crippen LogP contribution >= 0.6 is 0 Å². The van der Waals surface area contributed by atoms with E-state index in [1.807, 2.05) is 0 Å². The molecular formula is C18H34N2O. The molecule has 0 aromatic rings. The molecule has 0 radical (unpaired) electrons. The van der Waals surface area contributed by atoms with Gasteiger partial charge < -0.3 is 10.6 Å². The summed E-state index contributed by atoms with van der Waals surface area (Å²) < 4.78 is 0. The maximum absolute atomic E-state index is 12.4. The zero-order chi connectivity index (χ0) is 15.3. The van der Waals surface area contributed by atoms with Gasteiger partial charge in [0.1, 0.15) is 0 Å². The quantitative estimate of drug-likeness (QED) is 0.704. The summed E-state index contributed by atoms with van der Waals surface area (Å²) in [4.78, 5) is 12.4. The third-order valence-electron chi connectivity index (χ3n) is 5.38. The number of nitrogens with one attached hydrogen (secondary N) is 2. The largest absolute Gasteiger partial charge is 0.354 e. The summed E-state index contributed by atoms with van der Waals surface area (Å²) in [5, 5.41) is 6.77. The van der Waals surface area contributed by atoms with E-state index in [9.17, 15) is 4.79 Å². The van der Waals surface area contributed by atoms with Gasteiger partial charge in [0.2, 0.25) is 5.91 Å². The van der Waals surface area contributed by atoms with Crippen molar-refractivity contribution in [3.05, 3.63) is 0 Å². The first-order valence-corrected chi connectivity index (χ1v) is 9.05. The summed E-state index contributed by atoms with van der Waals surface area (Å²) in [6.07, 6.45) is 11.3. The van der Waals surface area contributed by atoms with Crippen molar-refractivity contribution in [2.75, 3.05) is 6.54 Å². The first kappa shape index (κ1) is 16.8. The lowest BCUT2D eigenvalue weighted by Gasteiger charge is -2.26. The second kappa shape index (κ2) is 7.62. The third kappa shape index (κ3) is 4.98. The predicted octanol–water partition coefficient (Wildman–Crippen LogP) is 3.63. The fourth-order valence-corrected chi connectivity index (χ4v) is 3.91. The molecule has 2 rings (SSSR count). The highest BCUT2D eigenvalue weighted by Gasteiger charge is 2.38. The number of fused-ring (bicyclic) bond motifs is 1. The molecule has 1 heterocycles. The van der Waals surface area contributed by atoms with Gasteiger partial charge in [0.15, 0.2) is 0 Å². The number of hydrogen-bond donors (Lipinski definition) is 2. The van der Waals surface area contributed by atoms with Crippen molar-refractivity contribution in [3.63, 3.8) is 0 Å². The van der Waals surface area contributed by atoms with Crippen LogP contribution in [-0.2, 0) is 4.79 Å². The van der Waals surface area contributed by atoms with Crippen LogP contribution < -0.4 is 10.6 Å². The van der Waals surface area contributed by atoms with Crippen LogP contribution in [0.15, 0.2) is 0 Å². The van der Waals surface area contributed by atoms with Crippen LogP contribution in [0.3, 0.4) is 0 Å². The molecule has 3 nitrogen and oxygen atoms in total. The molecule has 21 heavy (non-hydrogen) atoms. The zero-order valence-corrected chi connectivity index (χ0v) is 14.2. The molecule has 0 spiro atoms. The van der Waals surface area contributed by atoms with Gasteiger partial charge in [-0.2, -0.15) is 0 Å². The van der Waals surface area contributed by atoms with Gasteiger partial charge in [0.05, 0.1) is 6.04 Å². The zero-order valence-electron chi connectivity index (χ0n) is 14.2. The molecule has 2 fully saturated rings. The van der Waals surface area contributed by atoms with E-state index in [4.69, 9.17) is 0 Å². The molecule has 1 amide bonds. The number of rotatable bonds is 7. The summed E-state index contributed by atoms with van der Waals surface area (Å²) in [6, 6.07) is 0.664. The van der Waals surface area contributed by atoms with Gasteiger partial charge in [-0.3, -0.25) is 4.79 Å². The van der Waals surface area contributed by atoms with Gasteiger partial charge >= 0.3 is 0 Å². The van der Waals surface area contributed by atoms with E-state index in [-0.39, 0.29) is 17.4 Å². The van der Waals surface area contributed by atoms with Crippen molar-refractivity contribution in [1.29, 1.82) is 0 Å². The van der Waals surface area contributed by atoms with Crippen molar-refractivity contribution in [2.45, 2.75) is 90.6 Å². The molecule has 0 aromatic heterocycles. The van der Waals surface area contributed by atoms with E-state index < -0.39 is 0 Å². The van der Waals surface area contributed by atoms with E-state index in [0.717, 1.165) is 18.9 Å². The smallest absolute Gasteiger partial charge is 0.237 e. The Morgan fingerprint density at radius 1 is 1.24 bits per heavy atom. The highest BCUT2D eigenvalue weighted by atomic mass is 16.2. The van der Waals surface area contributed by atoms with Gasteiger partial charge in [-0.15, -0.1) is 0 Å². The highest BCUT2D eigenvalue weighted by molar-refractivity contribution is 5.82. The lowest BCUT2D eigenvalue weighted by atomic mass is 9.85. The van der Waals surface area contributed by atoms with E-state index in [0.29, 0.717) is 6.04 Å². The minimum atomic E-state index is 0.0598. The summed E-state index contributed by atoms with van der Waals surface area (Å²) in [6.45, 7) is 7.58. The van der Waals surface area contributed by atoms with Crippen molar-refractivity contribution >= 4 is 5.91 Å². The van der Waals surface area contributed by atoms with E-state index in [1.54, 1.807) is 0 Å². The monoisotopic (exact) mass is 294 g/mol. The Hall–Kier alpha value is -0.570. The lowest BCUT2D eigenvalue weighted by molar-refractivity contribution is -0.123. The van der Waals surface area contributed by atoms with Crippen LogP contribution in [0.5, 0.6) is 0 Å². The fraction of sp³-hybridized carbons (Fsp3) is 0.944. The summed E-state index contributed by atoms with van der Waals surface area (Å²) in [7, 11) is 0. The number of unbranched alkanes of at least 4 members (excludes halogenated alkanes) is 2. The van der Waals surface area contributed by atoms with Crippen LogP contribution in [-0.4, -0.2) is 24.5 Å². The molecule has 122 valence electrons. The Labute approximate surface area is 130 Å². The predicted molar refractivity (Wildman–Crippen MR) is 88.2 cm³/mol. The Balaban J connectivity index is 1.72. The Morgan fingerprint density at radius 3 is 2.71 bits per heavy atom. The highest BCUT2D eigenvalue weighted by Crippen LogP contribution is 2.33. The fourth-order valence-electron chi connectivity index (χ4n) is 3.91. The normalized spacial score (nSPS) is 29.2. The first-order valence-electron chi connectivity index (χ1n) is 9.05. The molecule has 1 aliphatic heterocycles. The second-order valence-corrected chi connectivity index (χ2v) is 7.95. The second-order valence-electron chi connectivity index (χ2n) is 7.95. The summed E-state index contributed by atoms with van der Waals surface area (Å²) in [5.74, 6) is 0.972. The molecular weight excluding hydrogens is 260 g/mol. The number of hydrogen-bond acceptors (Lipinski definition) is 2. The molecule has 3 heteroatoms. The van der Waals surface area contributed by atoms with Crippen molar-refractivity contribution in [1.82, 2.24) is 10.6 Å². The average Bonchev–Trinajstić information content (AvgIpc) is 2.89. The van der Waals surface area contributed by atoms with Gasteiger partial charge in [-0.1, -0.05) is 52.9 Å². The molecule has 0 aromatic carbocycles. The van der Waals surface area contributed by atoms with Gasteiger partial charge in [-0.05, 0) is 37.0 Å². The van der Waals surface area contributed by atoms with Crippen molar-refractivity contribution in [3.8, 4) is 0 Å². The van der Waals surface area contributed by atoms with Crippen LogP contribution in [0.4, 0.5) is 0 Å². The minimum Gasteiger partial charge on any atom is -0.354 e. The topological polar surface area (TPSA) is 41.1 Å². The Morgan fingerprint density at radius 2 is 2.00 bits per heavy atom. The third-order valence-corrected chi connectivity index (χ3v) is 5.38. The summed E-state index contributed by atoms with van der Waals surface area (Å²) >= 11 is 0. The number of amides is 1. The Bertz CT molecular complexity index is 326. The van der Waals surface area contributed by atoms with Crippen molar-refractivity contribution < 1.29 is 4.79 Å². The maximum Gasteiger partial charge on any atom is 0.237 e. The van der Waals surface area contributed by atoms with Crippen LogP contribution in [0.25, 0.3) is 0 Å². The van der Waals surface area contributed by atoms with E-state index >= 15 is 0 Å². The molecule has 3 unspecified atom stereocenters. The number of carbonyl (C=O) groups excluding carboxylic acids is 1. The molecule has 2 N–H and O–H groups in total. The maximum atomic E-state index is 12.4. The molecule has 0 bridgehead atoms. The molecule has 3 atom stereocenters. The van der Waals surface area contributed by atoms with Crippen LogP contribution in [0, 0.1) is 11.3 Å². The van der Waals surface area contributed by atoms with Crippen molar-refractivity contribution in [2.24, 2.45) is 11.3 Å². The van der Waals surface area contributed by atoms with Gasteiger partial charge in [-0.25, -0.2) is 0 Å². The SMILES string of the molecule is CCCCCC(C)(C)CNC(=O)C1CC2CCCCC2N1. The lowest BCUT2D eigenvalue weighted by Crippen LogP contribution is -2.45. The first-order chi connectivity index (χ1) is 10.0. The molecule has 1 aliphatic carbocycles. The molecule has 1 saturated carbocycles. The molecule has 1 saturated heterocycles. The minimum absolute atomic E-state index is 0.0598. The summed E-state index contributed by atoms with van der Waals surface area (Å²) in [5.41, 5.74) is 0.218. The van der Waals surface area contributed by atoms with E-state index in [2.05, 4.69) is 31.4 Å². The van der Waals surface area contributed by atoms with E-state index in [1.165, 1.54) is 51.4 Å². The van der Waals surface area contributed by atoms with Crippen LogP contribution in [0.1, 0.15) is 78.6 Å².